The number of fused-ring (bicyclic) bond motifs is 1. The Kier molecular flexibility index (Phi) is 6.33. The van der Waals surface area contributed by atoms with Gasteiger partial charge in [0.1, 0.15) is 0 Å². The van der Waals surface area contributed by atoms with Crippen molar-refractivity contribution < 1.29 is 14.5 Å². The van der Waals surface area contributed by atoms with Crippen molar-refractivity contribution in [1.82, 2.24) is 20.8 Å². The standard InChI is InChI=1S/C28H19N5O4/c34-27(20-12-7-13-22(16-20)33(36)37)31-32-28(35)21-14-15-23-24(17-21)30-26(19-10-5-2-6-11-19)25(29-23)18-8-3-1-4-9-18/h1-17H,(H,31,34)(H,32,35). The molecule has 0 aliphatic heterocycles. The van der Waals surface area contributed by atoms with Crippen molar-refractivity contribution in [2.75, 3.05) is 0 Å². The molecule has 0 radical (unpaired) electrons. The lowest BCUT2D eigenvalue weighted by Crippen LogP contribution is -2.41. The molecule has 37 heavy (non-hydrogen) atoms. The van der Waals surface area contributed by atoms with Crippen LogP contribution in [0.2, 0.25) is 0 Å². The predicted molar refractivity (Wildman–Crippen MR) is 138 cm³/mol. The molecule has 5 rings (SSSR count). The number of aromatic nitrogens is 2. The Morgan fingerprint density at radius 1 is 0.622 bits per heavy atom. The first-order valence-corrected chi connectivity index (χ1v) is 11.3. The lowest BCUT2D eigenvalue weighted by atomic mass is 10.0. The van der Waals surface area contributed by atoms with Crippen molar-refractivity contribution in [2.45, 2.75) is 0 Å². The second-order valence-corrected chi connectivity index (χ2v) is 8.07. The molecule has 2 N–H and O–H groups in total. The lowest BCUT2D eigenvalue weighted by molar-refractivity contribution is -0.384. The van der Waals surface area contributed by atoms with Gasteiger partial charge in [0.25, 0.3) is 17.5 Å². The normalized spacial score (nSPS) is 10.6. The third-order valence-electron chi connectivity index (χ3n) is 5.63. The van der Waals surface area contributed by atoms with Gasteiger partial charge in [-0.2, -0.15) is 0 Å². The summed E-state index contributed by atoms with van der Waals surface area (Å²) in [6.07, 6.45) is 0. The maximum absolute atomic E-state index is 12.8. The molecule has 1 heterocycles. The maximum atomic E-state index is 12.8. The number of hydrogen-bond acceptors (Lipinski definition) is 6. The Labute approximate surface area is 210 Å². The molecule has 0 unspecified atom stereocenters. The van der Waals surface area contributed by atoms with Crippen LogP contribution >= 0.6 is 0 Å². The molecule has 0 saturated carbocycles. The molecule has 9 nitrogen and oxygen atoms in total. The summed E-state index contributed by atoms with van der Waals surface area (Å²) in [5.41, 5.74) is 9.01. The molecule has 180 valence electrons. The molecule has 2 amide bonds. The number of amides is 2. The van der Waals surface area contributed by atoms with Crippen LogP contribution in [0.4, 0.5) is 5.69 Å². The molecular weight excluding hydrogens is 470 g/mol. The Morgan fingerprint density at radius 3 is 1.73 bits per heavy atom. The summed E-state index contributed by atoms with van der Waals surface area (Å²) in [6.45, 7) is 0. The van der Waals surface area contributed by atoms with E-state index < -0.39 is 16.7 Å². The summed E-state index contributed by atoms with van der Waals surface area (Å²) in [4.78, 5) is 45.2. The molecule has 0 aliphatic carbocycles. The highest BCUT2D eigenvalue weighted by Crippen LogP contribution is 2.31. The van der Waals surface area contributed by atoms with Crippen LogP contribution in [0.15, 0.2) is 103 Å². The maximum Gasteiger partial charge on any atom is 0.270 e. The van der Waals surface area contributed by atoms with Crippen molar-refractivity contribution in [3.8, 4) is 22.5 Å². The number of nitro groups is 1. The second-order valence-electron chi connectivity index (χ2n) is 8.07. The van der Waals surface area contributed by atoms with Crippen LogP contribution in [0.25, 0.3) is 33.5 Å². The van der Waals surface area contributed by atoms with Crippen LogP contribution in [0, 0.1) is 10.1 Å². The van der Waals surface area contributed by atoms with E-state index in [-0.39, 0.29) is 16.8 Å². The molecule has 0 spiro atoms. The van der Waals surface area contributed by atoms with Crippen LogP contribution in [-0.2, 0) is 0 Å². The first-order valence-electron chi connectivity index (χ1n) is 11.3. The van der Waals surface area contributed by atoms with Gasteiger partial charge in [-0.1, -0.05) is 66.7 Å². The van der Waals surface area contributed by atoms with Gasteiger partial charge >= 0.3 is 0 Å². The van der Waals surface area contributed by atoms with E-state index >= 15 is 0 Å². The van der Waals surface area contributed by atoms with Crippen molar-refractivity contribution >= 4 is 28.5 Å². The van der Waals surface area contributed by atoms with Crippen molar-refractivity contribution in [3.05, 3.63) is 124 Å². The average Bonchev–Trinajstić information content (AvgIpc) is 2.95. The molecule has 0 aliphatic rings. The topological polar surface area (TPSA) is 127 Å². The Morgan fingerprint density at radius 2 is 1.16 bits per heavy atom. The number of hydrogen-bond donors (Lipinski definition) is 2. The van der Waals surface area contributed by atoms with Crippen molar-refractivity contribution in [2.24, 2.45) is 0 Å². The molecule has 0 atom stereocenters. The minimum atomic E-state index is -0.684. The summed E-state index contributed by atoms with van der Waals surface area (Å²) in [5, 5.41) is 10.9. The van der Waals surface area contributed by atoms with E-state index in [1.807, 2.05) is 60.7 Å². The number of carbonyl (C=O) groups is 2. The van der Waals surface area contributed by atoms with Gasteiger partial charge in [-0.3, -0.25) is 30.6 Å². The van der Waals surface area contributed by atoms with Gasteiger partial charge in [-0.25, -0.2) is 9.97 Å². The van der Waals surface area contributed by atoms with E-state index in [2.05, 4.69) is 10.9 Å². The fraction of sp³-hybridized carbons (Fsp3) is 0. The number of non-ortho nitro benzene ring substituents is 1. The van der Waals surface area contributed by atoms with Crippen LogP contribution in [0.5, 0.6) is 0 Å². The third kappa shape index (κ3) is 5.01. The molecular formula is C28H19N5O4. The van der Waals surface area contributed by atoms with E-state index in [1.165, 1.54) is 18.2 Å². The van der Waals surface area contributed by atoms with Crippen LogP contribution < -0.4 is 10.9 Å². The zero-order chi connectivity index (χ0) is 25.8. The van der Waals surface area contributed by atoms with Gasteiger partial charge in [0.2, 0.25) is 0 Å². The summed E-state index contributed by atoms with van der Waals surface area (Å²) in [5.74, 6) is -1.26. The van der Waals surface area contributed by atoms with Crippen LogP contribution in [0.3, 0.4) is 0 Å². The summed E-state index contributed by atoms with van der Waals surface area (Å²) < 4.78 is 0. The fourth-order valence-corrected chi connectivity index (χ4v) is 3.81. The minimum absolute atomic E-state index is 0.0415. The largest absolute Gasteiger partial charge is 0.270 e. The Hall–Kier alpha value is -5.44. The number of rotatable bonds is 5. The SMILES string of the molecule is O=C(NNC(=O)c1ccc2nc(-c3ccccc3)c(-c3ccccc3)nc2c1)c1cccc([N+](=O)[O-])c1. The van der Waals surface area contributed by atoms with Crippen molar-refractivity contribution in [1.29, 1.82) is 0 Å². The van der Waals surface area contributed by atoms with Crippen LogP contribution in [0.1, 0.15) is 20.7 Å². The quantitative estimate of drug-likeness (QED) is 0.266. The Balaban J connectivity index is 1.43. The number of nitrogens with zero attached hydrogens (tertiary/aromatic N) is 3. The number of hydrazine groups is 1. The molecule has 9 heteroatoms. The zero-order valence-corrected chi connectivity index (χ0v) is 19.3. The van der Waals surface area contributed by atoms with E-state index in [0.717, 1.165) is 22.9 Å². The monoisotopic (exact) mass is 489 g/mol. The molecule has 0 fully saturated rings. The molecule has 5 aromatic rings. The second kappa shape index (κ2) is 10.0. The third-order valence-corrected chi connectivity index (χ3v) is 5.63. The number of nitro benzene ring substituents is 1. The van der Waals surface area contributed by atoms with Gasteiger partial charge < -0.3 is 0 Å². The highest BCUT2D eigenvalue weighted by atomic mass is 16.6. The van der Waals surface area contributed by atoms with E-state index in [1.54, 1.807) is 18.2 Å². The highest BCUT2D eigenvalue weighted by Gasteiger charge is 2.16. The van der Waals surface area contributed by atoms with Crippen LogP contribution in [-0.4, -0.2) is 26.7 Å². The predicted octanol–water partition coefficient (Wildman–Crippen LogP) is 4.95. The van der Waals surface area contributed by atoms with Crippen molar-refractivity contribution in [3.63, 3.8) is 0 Å². The smallest absolute Gasteiger partial charge is 0.267 e. The fourth-order valence-electron chi connectivity index (χ4n) is 3.81. The lowest BCUT2D eigenvalue weighted by Gasteiger charge is -2.12. The van der Waals surface area contributed by atoms with Gasteiger partial charge in [0.05, 0.1) is 27.3 Å². The first kappa shape index (κ1) is 23.3. The summed E-state index contributed by atoms with van der Waals surface area (Å²) in [7, 11) is 0. The number of nitrogens with one attached hydrogen (secondary N) is 2. The molecule has 0 saturated heterocycles. The average molecular weight is 489 g/mol. The highest BCUT2D eigenvalue weighted by molar-refractivity contribution is 6.01. The van der Waals surface area contributed by atoms with Gasteiger partial charge in [0.15, 0.2) is 0 Å². The number of benzene rings is 4. The number of carbonyl (C=O) groups excluding carboxylic acids is 2. The first-order chi connectivity index (χ1) is 18.0. The minimum Gasteiger partial charge on any atom is -0.267 e. The van der Waals surface area contributed by atoms with E-state index in [9.17, 15) is 19.7 Å². The Bertz CT molecular complexity index is 1640. The summed E-state index contributed by atoms with van der Waals surface area (Å²) in [6, 6.07) is 29.5. The zero-order valence-electron chi connectivity index (χ0n) is 19.3. The van der Waals surface area contributed by atoms with Gasteiger partial charge in [-0.05, 0) is 24.3 Å². The molecule has 4 aromatic carbocycles. The summed E-state index contributed by atoms with van der Waals surface area (Å²) >= 11 is 0. The molecule has 1 aromatic heterocycles. The van der Waals surface area contributed by atoms with Gasteiger partial charge in [0, 0.05) is 34.4 Å². The van der Waals surface area contributed by atoms with E-state index in [4.69, 9.17) is 9.97 Å². The molecule has 0 bridgehead atoms. The van der Waals surface area contributed by atoms with E-state index in [0.29, 0.717) is 16.7 Å². The van der Waals surface area contributed by atoms with Gasteiger partial charge in [-0.15, -0.1) is 0 Å².